The molecule has 112 valence electrons. The van der Waals surface area contributed by atoms with Crippen LogP contribution in [-0.2, 0) is 9.13 Å². The van der Waals surface area contributed by atoms with E-state index in [2.05, 4.69) is 35.5 Å². The fourth-order valence-electron chi connectivity index (χ4n) is 1.10. The zero-order chi connectivity index (χ0) is 14.9. The van der Waals surface area contributed by atoms with E-state index in [0.717, 1.165) is 0 Å². The Morgan fingerprint density at radius 1 is 0.842 bits per heavy atom. The topological polar surface area (TPSA) is 163 Å². The third-order valence-corrected chi connectivity index (χ3v) is 40.4. The van der Waals surface area contributed by atoms with Gasteiger partial charge in [-0.15, -0.1) is 35.5 Å². The molecule has 0 saturated heterocycles. The van der Waals surface area contributed by atoms with Gasteiger partial charge in [-0.2, -0.15) is 0 Å². The lowest BCUT2D eigenvalue weighted by atomic mass is 11.6. The van der Waals surface area contributed by atoms with Crippen LogP contribution in [0.2, 0.25) is 0 Å². The van der Waals surface area contributed by atoms with Crippen LogP contribution in [0.25, 0.3) is 0 Å². The van der Waals surface area contributed by atoms with Crippen LogP contribution in [0.15, 0.2) is 10.2 Å². The molecular formula is C2H10N6O2P2S7. The minimum absolute atomic E-state index is 0.00373. The molecule has 0 aromatic heterocycles. The minimum Gasteiger partial charge on any atom is -0.286 e. The SMILES string of the molecule is NSP(=O)(SN)S1(P(=O)(SN)SN)C(S)=NN=C1S. The van der Waals surface area contributed by atoms with Crippen molar-refractivity contribution in [2.75, 3.05) is 0 Å². The highest BCUT2D eigenvalue weighted by molar-refractivity contribution is 9.52. The van der Waals surface area contributed by atoms with Gasteiger partial charge in [0, 0.05) is 55.5 Å². The van der Waals surface area contributed by atoms with E-state index < -0.39 is 18.8 Å². The summed E-state index contributed by atoms with van der Waals surface area (Å²) in [6, 6.07) is 0. The Balaban J connectivity index is 3.73. The quantitative estimate of drug-likeness (QED) is 0.207. The molecular weight excluding hydrogens is 426 g/mol. The lowest BCUT2D eigenvalue weighted by Crippen LogP contribution is -2.10. The zero-order valence-corrected chi connectivity index (χ0v) is 16.5. The van der Waals surface area contributed by atoms with Crippen molar-refractivity contribution in [3.05, 3.63) is 0 Å². The molecule has 1 rings (SSSR count). The number of hydrogen-bond acceptors (Lipinski definition) is 12. The number of nitrogens with two attached hydrogens (primary N) is 4. The second-order valence-corrected chi connectivity index (χ2v) is 28.7. The highest BCUT2D eigenvalue weighted by Gasteiger charge is 2.64. The molecule has 19 heavy (non-hydrogen) atoms. The van der Waals surface area contributed by atoms with Gasteiger partial charge in [0.1, 0.15) is 0 Å². The Hall–Kier alpha value is 2.09. The molecule has 0 radical (unpaired) electrons. The normalized spacial score (nSPS) is 20.9. The van der Waals surface area contributed by atoms with E-state index in [4.69, 9.17) is 20.6 Å². The van der Waals surface area contributed by atoms with Crippen molar-refractivity contribution in [2.45, 2.75) is 0 Å². The fraction of sp³-hybridized carbons (Fsp3) is 0. The van der Waals surface area contributed by atoms with Crippen molar-refractivity contribution in [3.8, 4) is 0 Å². The Bertz CT molecular complexity index is 460. The van der Waals surface area contributed by atoms with Crippen LogP contribution in [0.4, 0.5) is 0 Å². The maximum absolute atomic E-state index is 13.0. The van der Waals surface area contributed by atoms with E-state index in [1.807, 2.05) is 0 Å². The summed E-state index contributed by atoms with van der Waals surface area (Å²) in [6.45, 7) is 0. The van der Waals surface area contributed by atoms with Crippen molar-refractivity contribution in [3.63, 3.8) is 0 Å². The standard InChI is InChI=1S/C2H10N6O2P2S7/c3-15-11(9,16-4)19(12(10,17-5)18-6)1(13)7-8-2(19)14/h3-6H2,(H,7,13)(H,8,14). The van der Waals surface area contributed by atoms with Crippen molar-refractivity contribution < 1.29 is 9.13 Å². The molecule has 0 aliphatic carbocycles. The highest BCUT2D eigenvalue weighted by atomic mass is 33.7. The molecule has 0 unspecified atom stereocenters. The average Bonchev–Trinajstić information content (AvgIpc) is 2.74. The first-order valence-electron chi connectivity index (χ1n) is 3.91. The van der Waals surface area contributed by atoms with Crippen LogP contribution < -0.4 is 20.6 Å². The summed E-state index contributed by atoms with van der Waals surface area (Å²) in [5.74, 6) is 0. The van der Waals surface area contributed by atoms with Gasteiger partial charge < -0.3 is 0 Å². The Morgan fingerprint density at radius 3 is 1.32 bits per heavy atom. The van der Waals surface area contributed by atoms with Crippen LogP contribution in [0, 0.1) is 0 Å². The van der Waals surface area contributed by atoms with Crippen LogP contribution in [0.1, 0.15) is 0 Å². The summed E-state index contributed by atoms with van der Waals surface area (Å²) in [5.41, 5.74) is 0. The van der Waals surface area contributed by atoms with Crippen molar-refractivity contribution in [1.82, 2.24) is 0 Å². The van der Waals surface area contributed by atoms with Crippen LogP contribution >= 0.6 is 90.3 Å². The lowest BCUT2D eigenvalue weighted by molar-refractivity contribution is 0.600. The minimum atomic E-state index is -3.53. The van der Waals surface area contributed by atoms with Gasteiger partial charge in [0.05, 0.1) is 0 Å². The summed E-state index contributed by atoms with van der Waals surface area (Å²) in [4.78, 5) is 0. The summed E-state index contributed by atoms with van der Waals surface area (Å²) in [5, 5.41) is 29.4. The Kier molecular flexibility index (Phi) is 7.16. The van der Waals surface area contributed by atoms with E-state index >= 15 is 0 Å². The molecule has 17 heteroatoms. The first-order valence-corrected chi connectivity index (χ1v) is 17.0. The summed E-state index contributed by atoms with van der Waals surface area (Å²) >= 11 is 10.3. The first kappa shape index (κ1) is 19.1. The van der Waals surface area contributed by atoms with Crippen molar-refractivity contribution >= 4 is 99.0 Å². The molecule has 0 fully saturated rings. The number of nitrogens with zero attached hydrogens (tertiary/aromatic N) is 2. The van der Waals surface area contributed by atoms with Gasteiger partial charge in [-0.1, -0.05) is 0 Å². The Morgan fingerprint density at radius 2 is 1.11 bits per heavy atom. The van der Waals surface area contributed by atoms with Gasteiger partial charge in [-0.25, -0.2) is 0 Å². The van der Waals surface area contributed by atoms with Gasteiger partial charge in [0.25, 0.3) is 9.49 Å². The molecule has 0 aromatic carbocycles. The molecule has 8 nitrogen and oxygen atoms in total. The van der Waals surface area contributed by atoms with Crippen molar-refractivity contribution in [2.24, 2.45) is 30.8 Å². The molecule has 1 aliphatic heterocycles. The second kappa shape index (κ2) is 7.11. The van der Waals surface area contributed by atoms with Gasteiger partial charge >= 0.3 is 0 Å². The average molecular weight is 437 g/mol. The van der Waals surface area contributed by atoms with Gasteiger partial charge in [0.15, 0.2) is 8.75 Å². The maximum atomic E-state index is 13.0. The third kappa shape index (κ3) is 2.73. The largest absolute Gasteiger partial charge is 0.286 e. The number of rotatable bonds is 6. The molecule has 0 spiro atoms. The molecule has 0 amide bonds. The molecule has 8 N–H and O–H groups in total. The predicted octanol–water partition coefficient (Wildman–Crippen LogP) is 2.93. The number of thiol groups is 2. The zero-order valence-electron chi connectivity index (χ0n) is 8.85. The monoisotopic (exact) mass is 436 g/mol. The second-order valence-electron chi connectivity index (χ2n) is 2.63. The lowest BCUT2D eigenvalue weighted by Gasteiger charge is -2.41. The van der Waals surface area contributed by atoms with Crippen molar-refractivity contribution in [1.29, 1.82) is 0 Å². The van der Waals surface area contributed by atoms with Gasteiger partial charge in [-0.05, 0) is 0 Å². The smallest absolute Gasteiger partial charge is 0.274 e. The highest BCUT2D eigenvalue weighted by Crippen LogP contribution is 3.10. The third-order valence-electron chi connectivity index (χ3n) is 1.89. The van der Waals surface area contributed by atoms with E-state index in [1.54, 1.807) is 0 Å². The Labute approximate surface area is 138 Å². The molecule has 1 heterocycles. The fourth-order valence-corrected chi connectivity index (χ4v) is 49.0. The van der Waals surface area contributed by atoms with E-state index in [1.165, 1.54) is 0 Å². The predicted molar refractivity (Wildman–Crippen MR) is 103 cm³/mol. The molecule has 0 atom stereocenters. The molecule has 0 aromatic rings. The molecule has 1 aliphatic rings. The van der Waals surface area contributed by atoms with E-state index in [-0.39, 0.29) is 8.75 Å². The molecule has 0 saturated carbocycles. The number of hydrogen-bond donors (Lipinski definition) is 6. The van der Waals surface area contributed by atoms with Crippen LogP contribution in [0.3, 0.4) is 0 Å². The van der Waals surface area contributed by atoms with Crippen LogP contribution in [0.5, 0.6) is 0 Å². The summed E-state index contributed by atoms with van der Waals surface area (Å²) in [6.07, 6.45) is 0. The van der Waals surface area contributed by atoms with E-state index in [0.29, 0.717) is 46.3 Å². The van der Waals surface area contributed by atoms with Crippen LogP contribution in [-0.4, -0.2) is 8.75 Å². The van der Waals surface area contributed by atoms with Gasteiger partial charge in [0.2, 0.25) is 0 Å². The maximum Gasteiger partial charge on any atom is 0.274 e. The summed E-state index contributed by atoms with van der Waals surface area (Å²) in [7, 11) is -2.91. The summed E-state index contributed by atoms with van der Waals surface area (Å²) < 4.78 is 18.9. The molecule has 0 bridgehead atoms. The van der Waals surface area contributed by atoms with E-state index in [9.17, 15) is 9.13 Å². The first-order chi connectivity index (χ1) is 8.79. The van der Waals surface area contributed by atoms with Gasteiger partial charge in [-0.3, -0.25) is 29.7 Å².